The van der Waals surface area contributed by atoms with Crippen molar-refractivity contribution in [3.05, 3.63) is 0 Å². The standard InChI is InChI=1S/C10H17N3O2S.C7H14O/c1-7-5-11-10(15)12-9(7)16-6-8(14)13-3-2-4-13;1-8-7-5-3-2-4-6-7/h7,9H,2-6H2,1H3,(H2,11,12,15);7H,2-6H2,1H3. The molecule has 0 radical (unpaired) electrons. The van der Waals surface area contributed by atoms with Crippen molar-refractivity contribution in [1.82, 2.24) is 15.5 Å². The summed E-state index contributed by atoms with van der Waals surface area (Å²) in [5.74, 6) is 1.01. The monoisotopic (exact) mass is 357 g/mol. The lowest BCUT2D eigenvalue weighted by molar-refractivity contribution is -0.131. The van der Waals surface area contributed by atoms with E-state index in [1.807, 2.05) is 12.0 Å². The van der Waals surface area contributed by atoms with E-state index < -0.39 is 0 Å². The van der Waals surface area contributed by atoms with Crippen LogP contribution in [-0.4, -0.2) is 60.8 Å². The highest BCUT2D eigenvalue weighted by molar-refractivity contribution is 8.00. The fraction of sp³-hybridized carbons (Fsp3) is 0.882. The van der Waals surface area contributed by atoms with Crippen molar-refractivity contribution in [3.8, 4) is 0 Å². The van der Waals surface area contributed by atoms with Gasteiger partial charge in [-0.05, 0) is 19.3 Å². The smallest absolute Gasteiger partial charge is 0.315 e. The van der Waals surface area contributed by atoms with Crippen LogP contribution < -0.4 is 10.6 Å². The third-order valence-corrected chi connectivity index (χ3v) is 6.21. The molecule has 7 heteroatoms. The van der Waals surface area contributed by atoms with E-state index in [0.29, 0.717) is 24.3 Å². The quantitative estimate of drug-likeness (QED) is 0.809. The van der Waals surface area contributed by atoms with Gasteiger partial charge in [0.05, 0.1) is 17.2 Å². The number of hydrogen-bond acceptors (Lipinski definition) is 4. The van der Waals surface area contributed by atoms with Crippen molar-refractivity contribution in [2.24, 2.45) is 5.92 Å². The summed E-state index contributed by atoms with van der Waals surface area (Å²) in [7, 11) is 1.82. The minimum atomic E-state index is -0.132. The summed E-state index contributed by atoms with van der Waals surface area (Å²) < 4.78 is 5.19. The first-order chi connectivity index (χ1) is 11.6. The zero-order valence-electron chi connectivity index (χ0n) is 14.9. The van der Waals surface area contributed by atoms with Crippen LogP contribution in [-0.2, 0) is 9.53 Å². The van der Waals surface area contributed by atoms with Crippen LogP contribution in [0.3, 0.4) is 0 Å². The molecule has 2 heterocycles. The van der Waals surface area contributed by atoms with Crippen molar-refractivity contribution in [2.45, 2.75) is 56.9 Å². The topological polar surface area (TPSA) is 70.7 Å². The van der Waals surface area contributed by atoms with Crippen LogP contribution in [0.25, 0.3) is 0 Å². The van der Waals surface area contributed by atoms with E-state index in [0.717, 1.165) is 19.5 Å². The average Bonchev–Trinajstić information content (AvgIpc) is 2.55. The van der Waals surface area contributed by atoms with Gasteiger partial charge < -0.3 is 20.3 Å². The Morgan fingerprint density at radius 1 is 1.25 bits per heavy atom. The number of methoxy groups -OCH3 is 1. The number of nitrogens with one attached hydrogen (secondary N) is 2. The van der Waals surface area contributed by atoms with Crippen LogP contribution in [0.4, 0.5) is 4.79 Å². The number of likely N-dealkylation sites (tertiary alicyclic amines) is 1. The summed E-state index contributed by atoms with van der Waals surface area (Å²) in [6.45, 7) is 4.54. The molecule has 3 aliphatic rings. The number of amides is 3. The van der Waals surface area contributed by atoms with E-state index in [9.17, 15) is 9.59 Å². The molecule has 1 aliphatic carbocycles. The number of thioether (sulfide) groups is 1. The second-order valence-corrected chi connectivity index (χ2v) is 7.92. The van der Waals surface area contributed by atoms with E-state index in [4.69, 9.17) is 4.74 Å². The first-order valence-corrected chi connectivity index (χ1v) is 10.1. The van der Waals surface area contributed by atoms with Crippen LogP contribution >= 0.6 is 11.8 Å². The number of nitrogens with zero attached hydrogens (tertiary/aromatic N) is 1. The van der Waals surface area contributed by atoms with Gasteiger partial charge in [0.15, 0.2) is 0 Å². The second-order valence-electron chi connectivity index (χ2n) is 6.79. The summed E-state index contributed by atoms with van der Waals surface area (Å²) in [4.78, 5) is 24.6. The number of carbonyl (C=O) groups excluding carboxylic acids is 2. The van der Waals surface area contributed by atoms with E-state index in [-0.39, 0.29) is 17.3 Å². The minimum Gasteiger partial charge on any atom is -0.381 e. The molecular weight excluding hydrogens is 326 g/mol. The van der Waals surface area contributed by atoms with Crippen LogP contribution in [0, 0.1) is 5.92 Å². The molecule has 2 atom stereocenters. The van der Waals surface area contributed by atoms with E-state index in [2.05, 4.69) is 17.6 Å². The van der Waals surface area contributed by atoms with Gasteiger partial charge in [-0.3, -0.25) is 4.79 Å². The molecule has 0 aromatic rings. The van der Waals surface area contributed by atoms with Crippen molar-refractivity contribution in [2.75, 3.05) is 32.5 Å². The third kappa shape index (κ3) is 6.16. The van der Waals surface area contributed by atoms with Gasteiger partial charge in [-0.1, -0.05) is 26.2 Å². The molecule has 0 spiro atoms. The summed E-state index contributed by atoms with van der Waals surface area (Å²) >= 11 is 1.53. The second kappa shape index (κ2) is 10.1. The largest absolute Gasteiger partial charge is 0.381 e. The third-order valence-electron chi connectivity index (χ3n) is 4.86. The highest BCUT2D eigenvalue weighted by Crippen LogP contribution is 2.21. The molecule has 24 heavy (non-hydrogen) atoms. The molecule has 6 nitrogen and oxygen atoms in total. The van der Waals surface area contributed by atoms with E-state index >= 15 is 0 Å². The highest BCUT2D eigenvalue weighted by Gasteiger charge is 2.27. The highest BCUT2D eigenvalue weighted by atomic mass is 32.2. The van der Waals surface area contributed by atoms with Crippen molar-refractivity contribution in [1.29, 1.82) is 0 Å². The molecular formula is C17H31N3O3S. The zero-order chi connectivity index (χ0) is 17.4. The Bertz CT molecular complexity index is 412. The molecule has 3 rings (SSSR count). The number of rotatable bonds is 4. The minimum absolute atomic E-state index is 0.0546. The van der Waals surface area contributed by atoms with Gasteiger partial charge in [0.25, 0.3) is 0 Å². The Hall–Kier alpha value is -0.950. The van der Waals surface area contributed by atoms with Crippen molar-refractivity contribution >= 4 is 23.7 Å². The van der Waals surface area contributed by atoms with Crippen LogP contribution in [0.15, 0.2) is 0 Å². The first-order valence-electron chi connectivity index (χ1n) is 9.06. The molecule has 0 aromatic heterocycles. The van der Waals surface area contributed by atoms with Gasteiger partial charge in [0.2, 0.25) is 5.91 Å². The maximum Gasteiger partial charge on any atom is 0.315 e. The summed E-state index contributed by atoms with van der Waals surface area (Å²) in [6.07, 6.45) is 8.45. The Balaban J connectivity index is 0.000000219. The van der Waals surface area contributed by atoms with Gasteiger partial charge in [-0.15, -0.1) is 11.8 Å². The predicted octanol–water partition coefficient (Wildman–Crippen LogP) is 2.19. The summed E-state index contributed by atoms with van der Waals surface area (Å²) in [6, 6.07) is -0.132. The SMILES string of the molecule is CC1CNC(=O)NC1SCC(=O)N1CCC1.COC1CCCCC1. The van der Waals surface area contributed by atoms with Crippen molar-refractivity contribution < 1.29 is 14.3 Å². The van der Waals surface area contributed by atoms with E-state index in [1.165, 1.54) is 43.9 Å². The maximum absolute atomic E-state index is 11.6. The molecule has 0 bridgehead atoms. The molecule has 0 aromatic carbocycles. The van der Waals surface area contributed by atoms with Crippen LogP contribution in [0.1, 0.15) is 45.4 Å². The lowest BCUT2D eigenvalue weighted by Crippen LogP contribution is -2.53. The predicted molar refractivity (Wildman–Crippen MR) is 97.0 cm³/mol. The number of hydrogen-bond donors (Lipinski definition) is 2. The normalized spacial score (nSPS) is 27.2. The van der Waals surface area contributed by atoms with E-state index in [1.54, 1.807) is 0 Å². The summed E-state index contributed by atoms with van der Waals surface area (Å²) in [5.41, 5.74) is 0. The van der Waals surface area contributed by atoms with Gasteiger partial charge in [-0.2, -0.15) is 0 Å². The van der Waals surface area contributed by atoms with Crippen LogP contribution in [0.2, 0.25) is 0 Å². The van der Waals surface area contributed by atoms with Crippen molar-refractivity contribution in [3.63, 3.8) is 0 Å². The number of urea groups is 1. The van der Waals surface area contributed by atoms with Gasteiger partial charge in [-0.25, -0.2) is 4.79 Å². The van der Waals surface area contributed by atoms with Crippen LogP contribution in [0.5, 0.6) is 0 Å². The zero-order valence-corrected chi connectivity index (χ0v) is 15.7. The lowest BCUT2D eigenvalue weighted by Gasteiger charge is -2.33. The summed E-state index contributed by atoms with van der Waals surface area (Å²) in [5, 5.41) is 5.63. The molecule has 2 aliphatic heterocycles. The van der Waals surface area contributed by atoms with Gasteiger partial charge >= 0.3 is 6.03 Å². The Morgan fingerprint density at radius 3 is 2.50 bits per heavy atom. The first kappa shape index (κ1) is 19.4. The molecule has 2 unspecified atom stereocenters. The van der Waals surface area contributed by atoms with Gasteiger partial charge in [0, 0.05) is 32.7 Å². The lowest BCUT2D eigenvalue weighted by atomic mass is 9.98. The average molecular weight is 358 g/mol. The Morgan fingerprint density at radius 2 is 1.96 bits per heavy atom. The fourth-order valence-electron chi connectivity index (χ4n) is 3.01. The van der Waals surface area contributed by atoms with Gasteiger partial charge in [0.1, 0.15) is 0 Å². The molecule has 3 amide bonds. The maximum atomic E-state index is 11.6. The number of ether oxygens (including phenoxy) is 1. The Kier molecular flexibility index (Phi) is 8.18. The molecule has 138 valence electrons. The fourth-order valence-corrected chi connectivity index (χ4v) is 4.13. The molecule has 2 saturated heterocycles. The number of carbonyl (C=O) groups is 2. The molecule has 1 saturated carbocycles. The molecule has 2 N–H and O–H groups in total. The Labute approximate surface area is 149 Å². The molecule has 3 fully saturated rings.